The number of para-hydroxylation sites is 2. The maximum atomic E-state index is 12.1. The van der Waals surface area contributed by atoms with Crippen molar-refractivity contribution in [2.45, 2.75) is 0 Å². The lowest BCUT2D eigenvalue weighted by molar-refractivity contribution is -0.383. The third-order valence-corrected chi connectivity index (χ3v) is 3.23. The maximum absolute atomic E-state index is 12.1. The Labute approximate surface area is 147 Å². The van der Waals surface area contributed by atoms with Crippen molar-refractivity contribution < 1.29 is 19.6 Å². The number of anilines is 2. The van der Waals surface area contributed by atoms with Crippen molar-refractivity contribution in [3.05, 3.63) is 76.0 Å². The quantitative estimate of drug-likeness (QED) is 0.313. The minimum Gasteiger partial charge on any atom is -0.478 e. The van der Waals surface area contributed by atoms with Gasteiger partial charge in [0, 0.05) is 18.0 Å². The van der Waals surface area contributed by atoms with E-state index in [1.165, 1.54) is 42.5 Å². The molecule has 0 bridgehead atoms. The van der Waals surface area contributed by atoms with Crippen molar-refractivity contribution in [3.63, 3.8) is 0 Å². The van der Waals surface area contributed by atoms with E-state index < -0.39 is 16.8 Å². The molecule has 9 heteroatoms. The van der Waals surface area contributed by atoms with Crippen molar-refractivity contribution in [1.29, 1.82) is 5.26 Å². The molecule has 26 heavy (non-hydrogen) atoms. The first kappa shape index (κ1) is 18.2. The lowest BCUT2D eigenvalue weighted by Gasteiger charge is -2.06. The average molecular weight is 352 g/mol. The van der Waals surface area contributed by atoms with Crippen LogP contribution >= 0.6 is 0 Å². The molecule has 0 unspecified atom stereocenters. The number of nitro benzene ring substituents is 1. The molecule has 2 rings (SSSR count). The summed E-state index contributed by atoms with van der Waals surface area (Å²) in [6, 6.07) is 12.8. The number of amides is 1. The van der Waals surface area contributed by atoms with E-state index in [1.807, 2.05) is 0 Å². The molecule has 0 saturated carbocycles. The molecule has 130 valence electrons. The number of carboxylic acids is 1. The van der Waals surface area contributed by atoms with Crippen LogP contribution in [0.2, 0.25) is 0 Å². The van der Waals surface area contributed by atoms with Crippen LogP contribution in [0.25, 0.3) is 0 Å². The molecule has 2 aromatic carbocycles. The number of hydrogen-bond acceptors (Lipinski definition) is 6. The molecular formula is C17H12N4O5. The predicted octanol–water partition coefficient (Wildman–Crippen LogP) is 2.75. The van der Waals surface area contributed by atoms with Crippen LogP contribution in [0.3, 0.4) is 0 Å². The molecule has 0 aliphatic heterocycles. The van der Waals surface area contributed by atoms with Crippen LogP contribution in [0.15, 0.2) is 60.3 Å². The minimum atomic E-state index is -1.10. The van der Waals surface area contributed by atoms with Gasteiger partial charge >= 0.3 is 5.97 Å². The second-order valence-electron chi connectivity index (χ2n) is 4.93. The zero-order valence-electron chi connectivity index (χ0n) is 13.2. The summed E-state index contributed by atoms with van der Waals surface area (Å²) in [7, 11) is 0. The van der Waals surface area contributed by atoms with E-state index in [1.54, 1.807) is 12.1 Å². The zero-order valence-corrected chi connectivity index (χ0v) is 13.2. The van der Waals surface area contributed by atoms with Gasteiger partial charge in [0.1, 0.15) is 17.3 Å². The topological polar surface area (TPSA) is 145 Å². The molecule has 2 aromatic rings. The van der Waals surface area contributed by atoms with Gasteiger partial charge in [-0.3, -0.25) is 14.9 Å². The third-order valence-electron chi connectivity index (χ3n) is 3.23. The number of nitro groups is 1. The van der Waals surface area contributed by atoms with Gasteiger partial charge in [0.2, 0.25) is 0 Å². The first-order chi connectivity index (χ1) is 12.4. The molecular weight excluding hydrogens is 340 g/mol. The van der Waals surface area contributed by atoms with Crippen molar-refractivity contribution in [1.82, 2.24) is 0 Å². The molecule has 0 spiro atoms. The second-order valence-corrected chi connectivity index (χ2v) is 4.93. The van der Waals surface area contributed by atoms with Crippen LogP contribution in [0.1, 0.15) is 10.4 Å². The fourth-order valence-corrected chi connectivity index (χ4v) is 1.95. The van der Waals surface area contributed by atoms with Crippen LogP contribution in [-0.2, 0) is 4.79 Å². The summed E-state index contributed by atoms with van der Waals surface area (Å²) in [6.07, 6.45) is 1.06. The van der Waals surface area contributed by atoms with E-state index in [2.05, 4.69) is 10.6 Å². The van der Waals surface area contributed by atoms with Crippen LogP contribution in [-0.4, -0.2) is 21.9 Å². The van der Waals surface area contributed by atoms with Crippen molar-refractivity contribution in [2.24, 2.45) is 0 Å². The third kappa shape index (κ3) is 4.42. The monoisotopic (exact) mass is 352 g/mol. The molecule has 0 heterocycles. The smallest absolute Gasteiger partial charge is 0.335 e. The Bertz CT molecular complexity index is 929. The van der Waals surface area contributed by atoms with Gasteiger partial charge in [-0.25, -0.2) is 4.79 Å². The fourth-order valence-electron chi connectivity index (χ4n) is 1.95. The number of nitriles is 1. The maximum Gasteiger partial charge on any atom is 0.335 e. The molecule has 0 fully saturated rings. The fraction of sp³-hybridized carbons (Fsp3) is 0. The van der Waals surface area contributed by atoms with E-state index in [-0.39, 0.29) is 22.5 Å². The van der Waals surface area contributed by atoms with Crippen molar-refractivity contribution in [2.75, 3.05) is 10.6 Å². The number of aromatic carboxylic acids is 1. The van der Waals surface area contributed by atoms with Crippen molar-refractivity contribution >= 4 is 28.9 Å². The number of benzene rings is 2. The summed E-state index contributed by atoms with van der Waals surface area (Å²) in [5, 5.41) is 33.9. The summed E-state index contributed by atoms with van der Waals surface area (Å²) in [4.78, 5) is 33.3. The first-order valence-electron chi connectivity index (χ1n) is 7.17. The predicted molar refractivity (Wildman–Crippen MR) is 92.4 cm³/mol. The van der Waals surface area contributed by atoms with Gasteiger partial charge in [0.05, 0.1) is 10.5 Å². The highest BCUT2D eigenvalue weighted by Crippen LogP contribution is 2.23. The molecule has 0 aliphatic rings. The molecule has 0 atom stereocenters. The second kappa shape index (κ2) is 8.07. The lowest BCUT2D eigenvalue weighted by Crippen LogP contribution is -2.14. The van der Waals surface area contributed by atoms with Crippen molar-refractivity contribution in [3.8, 4) is 6.07 Å². The van der Waals surface area contributed by atoms with Gasteiger partial charge < -0.3 is 15.7 Å². The van der Waals surface area contributed by atoms with Crippen LogP contribution < -0.4 is 10.6 Å². The Balaban J connectivity index is 2.14. The van der Waals surface area contributed by atoms with Crippen LogP contribution in [0.4, 0.5) is 17.1 Å². The molecule has 0 radical (unpaired) electrons. The summed E-state index contributed by atoms with van der Waals surface area (Å²) in [6.45, 7) is 0. The highest BCUT2D eigenvalue weighted by molar-refractivity contribution is 6.06. The van der Waals surface area contributed by atoms with Gasteiger partial charge in [0.25, 0.3) is 11.6 Å². The average Bonchev–Trinajstić information content (AvgIpc) is 2.63. The normalized spacial score (nSPS) is 10.5. The number of rotatable bonds is 6. The lowest BCUT2D eigenvalue weighted by atomic mass is 10.2. The molecule has 9 nitrogen and oxygen atoms in total. The number of hydrogen-bond donors (Lipinski definition) is 3. The Hall–Kier alpha value is -4.19. The Kier molecular flexibility index (Phi) is 5.63. The highest BCUT2D eigenvalue weighted by atomic mass is 16.6. The van der Waals surface area contributed by atoms with Gasteiger partial charge in [-0.05, 0) is 30.3 Å². The minimum absolute atomic E-state index is 0.0529. The van der Waals surface area contributed by atoms with Gasteiger partial charge in [-0.15, -0.1) is 0 Å². The number of carbonyl (C=O) groups is 2. The highest BCUT2D eigenvalue weighted by Gasteiger charge is 2.13. The first-order valence-corrected chi connectivity index (χ1v) is 7.17. The SMILES string of the molecule is N#C/C(=C/Nc1ccccc1[N+](=O)[O-])C(=O)Nc1ccc(C(=O)O)cc1. The summed E-state index contributed by atoms with van der Waals surface area (Å²) in [5.41, 5.74) is -0.0380. The Morgan fingerprint density at radius 3 is 2.38 bits per heavy atom. The largest absolute Gasteiger partial charge is 0.478 e. The molecule has 0 aromatic heterocycles. The number of carbonyl (C=O) groups excluding carboxylic acids is 1. The summed E-state index contributed by atoms with van der Waals surface area (Å²) >= 11 is 0. The number of nitrogens with one attached hydrogen (secondary N) is 2. The number of carboxylic acid groups (broad SMARTS) is 1. The van der Waals surface area contributed by atoms with E-state index in [0.717, 1.165) is 6.20 Å². The zero-order chi connectivity index (χ0) is 19.1. The Morgan fingerprint density at radius 2 is 1.81 bits per heavy atom. The molecule has 1 amide bonds. The van der Waals surface area contributed by atoms with E-state index in [9.17, 15) is 19.7 Å². The molecule has 0 aliphatic carbocycles. The molecule has 3 N–H and O–H groups in total. The summed E-state index contributed by atoms with van der Waals surface area (Å²) < 4.78 is 0. The van der Waals surface area contributed by atoms with E-state index >= 15 is 0 Å². The molecule has 0 saturated heterocycles. The van der Waals surface area contributed by atoms with Gasteiger partial charge in [0.15, 0.2) is 0 Å². The number of nitrogens with zero attached hydrogens (tertiary/aromatic N) is 2. The Morgan fingerprint density at radius 1 is 1.15 bits per heavy atom. The van der Waals surface area contributed by atoms with Crippen LogP contribution in [0, 0.1) is 21.4 Å². The van der Waals surface area contributed by atoms with E-state index in [0.29, 0.717) is 5.69 Å². The van der Waals surface area contributed by atoms with E-state index in [4.69, 9.17) is 10.4 Å². The van der Waals surface area contributed by atoms with Crippen LogP contribution in [0.5, 0.6) is 0 Å². The van der Waals surface area contributed by atoms with Gasteiger partial charge in [-0.1, -0.05) is 12.1 Å². The van der Waals surface area contributed by atoms with Gasteiger partial charge in [-0.2, -0.15) is 5.26 Å². The standard InChI is InChI=1S/C17H12N4O5/c18-9-12(10-19-14-3-1-2-4-15(14)21(25)26)16(22)20-13-7-5-11(6-8-13)17(23)24/h1-8,10,19H,(H,20,22)(H,23,24)/b12-10-. The summed E-state index contributed by atoms with van der Waals surface area (Å²) in [5.74, 6) is -1.85.